The molecule has 98 valence electrons. The van der Waals surface area contributed by atoms with Crippen molar-refractivity contribution in [1.82, 2.24) is 4.90 Å². The van der Waals surface area contributed by atoms with Crippen LogP contribution in [-0.4, -0.2) is 46.0 Å². The summed E-state index contributed by atoms with van der Waals surface area (Å²) >= 11 is 0. The van der Waals surface area contributed by atoms with Gasteiger partial charge in [0.25, 0.3) is 0 Å². The Balaban J connectivity index is 0. The predicted octanol–water partition coefficient (Wildman–Crippen LogP) is 2.53. The summed E-state index contributed by atoms with van der Waals surface area (Å²) in [6.45, 7) is 0. The van der Waals surface area contributed by atoms with Crippen LogP contribution in [0.4, 0.5) is 5.69 Å². The smallest absolute Gasteiger partial charge is 0.130 e. The van der Waals surface area contributed by atoms with Gasteiger partial charge in [0.2, 0.25) is 0 Å². The zero-order chi connectivity index (χ0) is 11.4. The largest absolute Gasteiger partial charge is 0.378 e. The van der Waals surface area contributed by atoms with E-state index in [1.165, 1.54) is 5.69 Å². The molecule has 1 rings (SSSR count). The summed E-state index contributed by atoms with van der Waals surface area (Å²) in [6.07, 6.45) is 0. The lowest BCUT2D eigenvalue weighted by Gasteiger charge is -2.17. The van der Waals surface area contributed by atoms with Crippen molar-refractivity contribution in [2.45, 2.75) is 0 Å². The monoisotopic (exact) mass is 277 g/mol. The van der Waals surface area contributed by atoms with Gasteiger partial charge in [-0.3, -0.25) is 4.99 Å². The summed E-state index contributed by atoms with van der Waals surface area (Å²) in [5.74, 6) is 1.00. The molecular weight excluding hydrogens is 257 g/mol. The number of aliphatic imine (C=N–C) groups is 1. The van der Waals surface area contributed by atoms with E-state index in [1.807, 2.05) is 40.1 Å². The molecule has 0 aliphatic rings. The first-order chi connectivity index (χ1) is 7.06. The van der Waals surface area contributed by atoms with Crippen LogP contribution < -0.4 is 4.90 Å². The van der Waals surface area contributed by atoms with Crippen molar-refractivity contribution in [2.24, 2.45) is 4.99 Å². The van der Waals surface area contributed by atoms with Gasteiger partial charge in [-0.25, -0.2) is 0 Å². The third kappa shape index (κ3) is 4.84. The number of hydrogen-bond donors (Lipinski definition) is 0. The number of amidine groups is 1. The van der Waals surface area contributed by atoms with Crippen molar-refractivity contribution in [3.63, 3.8) is 0 Å². The van der Waals surface area contributed by atoms with Crippen molar-refractivity contribution >= 4 is 36.3 Å². The number of benzene rings is 1. The van der Waals surface area contributed by atoms with E-state index >= 15 is 0 Å². The topological polar surface area (TPSA) is 18.8 Å². The van der Waals surface area contributed by atoms with Gasteiger partial charge < -0.3 is 9.80 Å². The SMILES string of the molecule is CN=C(c1ccc(N(C)C)cc1)N(C)C.Cl.Cl. The lowest BCUT2D eigenvalue weighted by atomic mass is 10.1. The Morgan fingerprint density at radius 3 is 1.71 bits per heavy atom. The first-order valence-corrected chi connectivity index (χ1v) is 4.98. The summed E-state index contributed by atoms with van der Waals surface area (Å²) in [5, 5.41) is 0. The molecule has 0 aliphatic heterocycles. The van der Waals surface area contributed by atoms with Crippen LogP contribution in [0.15, 0.2) is 29.3 Å². The maximum absolute atomic E-state index is 4.26. The minimum absolute atomic E-state index is 0. The Kier molecular flexibility index (Phi) is 8.90. The zero-order valence-corrected chi connectivity index (χ0v) is 12.6. The fraction of sp³-hybridized carbons (Fsp3) is 0.417. The molecule has 0 saturated carbocycles. The lowest BCUT2D eigenvalue weighted by molar-refractivity contribution is 0.622. The van der Waals surface area contributed by atoms with Crippen molar-refractivity contribution in [2.75, 3.05) is 40.1 Å². The minimum atomic E-state index is 0. The summed E-state index contributed by atoms with van der Waals surface area (Å²) in [6, 6.07) is 8.39. The summed E-state index contributed by atoms with van der Waals surface area (Å²) < 4.78 is 0. The van der Waals surface area contributed by atoms with Crippen LogP contribution in [0.3, 0.4) is 0 Å². The van der Waals surface area contributed by atoms with E-state index in [0.29, 0.717) is 0 Å². The van der Waals surface area contributed by atoms with E-state index in [0.717, 1.165) is 11.4 Å². The van der Waals surface area contributed by atoms with E-state index in [1.54, 1.807) is 0 Å². The fourth-order valence-corrected chi connectivity index (χ4v) is 1.50. The Hall–Kier alpha value is -0.930. The van der Waals surface area contributed by atoms with Gasteiger partial charge in [0.1, 0.15) is 5.84 Å². The molecule has 5 heteroatoms. The second-order valence-corrected chi connectivity index (χ2v) is 3.88. The Morgan fingerprint density at radius 1 is 0.941 bits per heavy atom. The average Bonchev–Trinajstić information content (AvgIpc) is 2.19. The van der Waals surface area contributed by atoms with Gasteiger partial charge in [-0.2, -0.15) is 0 Å². The zero-order valence-electron chi connectivity index (χ0n) is 11.0. The third-order valence-electron chi connectivity index (χ3n) is 2.28. The molecule has 0 bridgehead atoms. The van der Waals surface area contributed by atoms with Crippen LogP contribution in [-0.2, 0) is 0 Å². The first kappa shape index (κ1) is 18.4. The molecule has 1 aromatic carbocycles. The van der Waals surface area contributed by atoms with Gasteiger partial charge in [0, 0.05) is 46.5 Å². The Morgan fingerprint density at radius 2 is 1.41 bits per heavy atom. The molecular formula is C12H21Cl2N3. The predicted molar refractivity (Wildman–Crippen MR) is 81.4 cm³/mol. The molecule has 0 unspecified atom stereocenters. The highest BCUT2D eigenvalue weighted by Crippen LogP contribution is 2.13. The highest BCUT2D eigenvalue weighted by molar-refractivity contribution is 5.98. The highest BCUT2D eigenvalue weighted by Gasteiger charge is 2.04. The molecule has 0 aliphatic carbocycles. The van der Waals surface area contributed by atoms with Crippen LogP contribution in [0, 0.1) is 0 Å². The number of rotatable bonds is 2. The average molecular weight is 278 g/mol. The first-order valence-electron chi connectivity index (χ1n) is 4.98. The molecule has 0 heterocycles. The molecule has 0 aromatic heterocycles. The molecule has 1 aromatic rings. The number of halogens is 2. The van der Waals surface area contributed by atoms with E-state index in [2.05, 4.69) is 34.2 Å². The van der Waals surface area contributed by atoms with Crippen LogP contribution in [0.25, 0.3) is 0 Å². The van der Waals surface area contributed by atoms with Crippen molar-refractivity contribution < 1.29 is 0 Å². The quantitative estimate of drug-likeness (QED) is 0.611. The molecule has 0 N–H and O–H groups in total. The van der Waals surface area contributed by atoms with E-state index < -0.39 is 0 Å². The molecule has 0 fully saturated rings. The molecule has 0 saturated heterocycles. The minimum Gasteiger partial charge on any atom is -0.378 e. The van der Waals surface area contributed by atoms with Gasteiger partial charge in [0.15, 0.2) is 0 Å². The second kappa shape index (κ2) is 8.20. The maximum Gasteiger partial charge on any atom is 0.130 e. The molecule has 0 amide bonds. The molecule has 0 atom stereocenters. The van der Waals surface area contributed by atoms with Crippen molar-refractivity contribution in [3.8, 4) is 0 Å². The van der Waals surface area contributed by atoms with Crippen LogP contribution >= 0.6 is 24.8 Å². The van der Waals surface area contributed by atoms with Crippen molar-refractivity contribution in [3.05, 3.63) is 29.8 Å². The highest BCUT2D eigenvalue weighted by atomic mass is 35.5. The standard InChI is InChI=1S/C12H19N3.2ClH/c1-13-12(15(4)5)10-6-8-11(9-7-10)14(2)3;;/h6-9H,1-5H3;2*1H. The number of nitrogens with zero attached hydrogens (tertiary/aromatic N) is 3. The molecule has 0 radical (unpaired) electrons. The summed E-state index contributed by atoms with van der Waals surface area (Å²) in [7, 11) is 9.89. The van der Waals surface area contributed by atoms with Gasteiger partial charge in [-0.15, -0.1) is 24.8 Å². The van der Waals surface area contributed by atoms with Crippen LogP contribution in [0.5, 0.6) is 0 Å². The lowest BCUT2D eigenvalue weighted by Crippen LogP contribution is -2.23. The Labute approximate surface area is 116 Å². The fourth-order valence-electron chi connectivity index (χ4n) is 1.50. The van der Waals surface area contributed by atoms with E-state index in [4.69, 9.17) is 0 Å². The van der Waals surface area contributed by atoms with Gasteiger partial charge >= 0.3 is 0 Å². The molecule has 0 spiro atoms. The van der Waals surface area contributed by atoms with Gasteiger partial charge in [0.05, 0.1) is 0 Å². The molecule has 17 heavy (non-hydrogen) atoms. The number of anilines is 1. The third-order valence-corrected chi connectivity index (χ3v) is 2.28. The van der Waals surface area contributed by atoms with Crippen molar-refractivity contribution in [1.29, 1.82) is 0 Å². The van der Waals surface area contributed by atoms with E-state index in [9.17, 15) is 0 Å². The Bertz CT molecular complexity index is 345. The van der Waals surface area contributed by atoms with Crippen LogP contribution in [0.1, 0.15) is 5.56 Å². The van der Waals surface area contributed by atoms with Crippen LogP contribution in [0.2, 0.25) is 0 Å². The number of hydrogen-bond acceptors (Lipinski definition) is 2. The summed E-state index contributed by atoms with van der Waals surface area (Å²) in [5.41, 5.74) is 2.35. The normalized spacial score (nSPS) is 10.1. The molecule has 3 nitrogen and oxygen atoms in total. The maximum atomic E-state index is 4.26. The second-order valence-electron chi connectivity index (χ2n) is 3.88. The van der Waals surface area contributed by atoms with Gasteiger partial charge in [-0.1, -0.05) is 0 Å². The summed E-state index contributed by atoms with van der Waals surface area (Å²) in [4.78, 5) is 8.37. The van der Waals surface area contributed by atoms with E-state index in [-0.39, 0.29) is 24.8 Å². The van der Waals surface area contributed by atoms with Gasteiger partial charge in [-0.05, 0) is 24.3 Å².